The summed E-state index contributed by atoms with van der Waals surface area (Å²) in [4.78, 5) is 16.8. The molecule has 3 N–H and O–H groups in total. The number of anilines is 1. The van der Waals surface area contributed by atoms with Gasteiger partial charge in [0.25, 0.3) is 0 Å². The number of nitrogens with zero attached hydrogens (tertiary/aromatic N) is 5. The SMILES string of the molecule is Cc1cc(-c2ccc(-n3cc(C(F)(F)F)nc3N)c(-n3nncc3C(=O)c3ccc(Cl)cc3)c2)cc(S(C)(=O)=O)c1CO. The third-order valence-corrected chi connectivity index (χ3v) is 8.11. The van der Waals surface area contributed by atoms with Crippen molar-refractivity contribution in [3.05, 3.63) is 100 Å². The highest BCUT2D eigenvalue weighted by Gasteiger charge is 2.35. The number of alkyl halides is 3. The molecular weight excluding hydrogens is 609 g/mol. The molecule has 0 saturated heterocycles. The van der Waals surface area contributed by atoms with Crippen molar-refractivity contribution in [2.75, 3.05) is 12.0 Å². The number of benzene rings is 3. The van der Waals surface area contributed by atoms with E-state index in [1.807, 2.05) is 0 Å². The fourth-order valence-electron chi connectivity index (χ4n) is 4.60. The summed E-state index contributed by atoms with van der Waals surface area (Å²) in [6.07, 6.45) is -1.85. The van der Waals surface area contributed by atoms with E-state index in [1.54, 1.807) is 19.1 Å². The Labute approximate surface area is 248 Å². The highest BCUT2D eigenvalue weighted by atomic mass is 35.5. The summed E-state index contributed by atoms with van der Waals surface area (Å²) >= 11 is 5.96. The molecule has 0 unspecified atom stereocenters. The van der Waals surface area contributed by atoms with Gasteiger partial charge < -0.3 is 10.8 Å². The first-order valence-corrected chi connectivity index (χ1v) is 14.7. The molecule has 0 bridgehead atoms. The maximum absolute atomic E-state index is 13.5. The van der Waals surface area contributed by atoms with Crippen LogP contribution in [0.5, 0.6) is 0 Å². The predicted molar refractivity (Wildman–Crippen MR) is 152 cm³/mol. The first kappa shape index (κ1) is 29.9. The summed E-state index contributed by atoms with van der Waals surface area (Å²) in [6, 6.07) is 13.6. The molecule has 0 saturated carbocycles. The molecule has 15 heteroatoms. The van der Waals surface area contributed by atoms with Gasteiger partial charge in [0.1, 0.15) is 5.69 Å². The number of nitrogen functional groups attached to an aromatic ring is 1. The number of rotatable bonds is 7. The van der Waals surface area contributed by atoms with Crippen molar-refractivity contribution in [3.63, 3.8) is 0 Å². The fraction of sp³-hybridized carbons (Fsp3) is 0.143. The molecular formula is C28H22ClF3N6O4S. The Morgan fingerprint density at radius 3 is 2.35 bits per heavy atom. The number of carbonyl (C=O) groups excluding carboxylic acids is 1. The molecule has 0 spiro atoms. The number of aromatic nitrogens is 5. The van der Waals surface area contributed by atoms with E-state index in [2.05, 4.69) is 15.3 Å². The van der Waals surface area contributed by atoms with Crippen molar-refractivity contribution in [3.8, 4) is 22.5 Å². The largest absolute Gasteiger partial charge is 0.434 e. The van der Waals surface area contributed by atoms with Gasteiger partial charge in [-0.2, -0.15) is 13.2 Å². The standard InChI is InChI=1S/C28H22ClF3N6O4S/c1-15-9-18(11-24(20(15)14-39)43(2,41)42)17-5-8-21(37-13-25(28(30,31)32)35-27(37)33)22(10-17)38-23(12-34-36-38)26(40)16-3-6-19(29)7-4-16/h3-13,39H,14H2,1-2H3,(H2,33,35). The van der Waals surface area contributed by atoms with Crippen LogP contribution in [0.15, 0.2) is 71.9 Å². The number of aliphatic hydroxyl groups excluding tert-OH is 1. The lowest BCUT2D eigenvalue weighted by Gasteiger charge is -2.17. The number of hydrogen-bond acceptors (Lipinski definition) is 8. The van der Waals surface area contributed by atoms with Gasteiger partial charge in [0.2, 0.25) is 11.7 Å². The fourth-order valence-corrected chi connectivity index (χ4v) is 5.74. The van der Waals surface area contributed by atoms with E-state index in [4.69, 9.17) is 17.3 Å². The van der Waals surface area contributed by atoms with Crippen molar-refractivity contribution >= 4 is 33.2 Å². The minimum absolute atomic E-state index is 0.0286. The van der Waals surface area contributed by atoms with Crippen LogP contribution in [-0.4, -0.2) is 50.1 Å². The Morgan fingerprint density at radius 1 is 1.05 bits per heavy atom. The van der Waals surface area contributed by atoms with Crippen LogP contribution in [0.2, 0.25) is 5.02 Å². The Morgan fingerprint density at radius 2 is 1.74 bits per heavy atom. The monoisotopic (exact) mass is 630 g/mol. The van der Waals surface area contributed by atoms with E-state index in [0.29, 0.717) is 27.9 Å². The summed E-state index contributed by atoms with van der Waals surface area (Å²) in [5.41, 5.74) is 6.64. The summed E-state index contributed by atoms with van der Waals surface area (Å²) in [5, 5.41) is 18.1. The maximum atomic E-state index is 13.5. The molecule has 2 aromatic heterocycles. The molecule has 10 nitrogen and oxygen atoms in total. The van der Waals surface area contributed by atoms with Crippen LogP contribution in [-0.2, 0) is 22.6 Å². The second-order valence-corrected chi connectivity index (χ2v) is 12.0. The van der Waals surface area contributed by atoms with Gasteiger partial charge in [-0.15, -0.1) is 5.10 Å². The second-order valence-electron chi connectivity index (χ2n) is 9.62. The van der Waals surface area contributed by atoms with Crippen molar-refractivity contribution < 1.29 is 31.5 Å². The van der Waals surface area contributed by atoms with E-state index < -0.39 is 40.0 Å². The minimum atomic E-state index is -4.78. The average Bonchev–Trinajstić information content (AvgIpc) is 3.59. The Bertz CT molecular complexity index is 1990. The first-order valence-electron chi connectivity index (χ1n) is 12.4. The van der Waals surface area contributed by atoms with E-state index in [0.717, 1.165) is 15.5 Å². The van der Waals surface area contributed by atoms with Crippen LogP contribution in [0.3, 0.4) is 0 Å². The van der Waals surface area contributed by atoms with Gasteiger partial charge in [0.05, 0.1) is 29.1 Å². The first-order chi connectivity index (χ1) is 20.2. The molecule has 0 aliphatic rings. The Kier molecular flexibility index (Phi) is 7.62. The predicted octanol–water partition coefficient (Wildman–Crippen LogP) is 4.81. The number of ketones is 1. The van der Waals surface area contributed by atoms with Gasteiger partial charge in [0, 0.05) is 23.0 Å². The van der Waals surface area contributed by atoms with Crippen molar-refractivity contribution in [1.29, 1.82) is 0 Å². The summed E-state index contributed by atoms with van der Waals surface area (Å²) in [7, 11) is -3.75. The molecule has 2 heterocycles. The summed E-state index contributed by atoms with van der Waals surface area (Å²) in [5.74, 6) is -0.982. The van der Waals surface area contributed by atoms with E-state index in [1.165, 1.54) is 48.7 Å². The molecule has 0 amide bonds. The molecule has 3 aromatic carbocycles. The lowest BCUT2D eigenvalue weighted by molar-refractivity contribution is -0.140. The number of imidazole rings is 1. The van der Waals surface area contributed by atoms with E-state index in [9.17, 15) is 31.5 Å². The molecule has 5 rings (SSSR count). The topological polar surface area (TPSA) is 146 Å². The third-order valence-electron chi connectivity index (χ3n) is 6.70. The number of carbonyl (C=O) groups is 1. The normalized spacial score (nSPS) is 12.1. The van der Waals surface area contributed by atoms with Gasteiger partial charge in [-0.1, -0.05) is 28.9 Å². The minimum Gasteiger partial charge on any atom is -0.392 e. The van der Waals surface area contributed by atoms with Crippen LogP contribution in [0.4, 0.5) is 19.1 Å². The van der Waals surface area contributed by atoms with Gasteiger partial charge in [-0.3, -0.25) is 9.36 Å². The molecule has 43 heavy (non-hydrogen) atoms. The number of hydrogen-bond donors (Lipinski definition) is 2. The Hall–Kier alpha value is -4.53. The molecule has 5 aromatic rings. The van der Waals surface area contributed by atoms with Crippen molar-refractivity contribution in [2.45, 2.75) is 24.6 Å². The zero-order valence-electron chi connectivity index (χ0n) is 22.5. The average molecular weight is 631 g/mol. The molecule has 0 aliphatic carbocycles. The third kappa shape index (κ3) is 5.76. The highest BCUT2D eigenvalue weighted by molar-refractivity contribution is 7.90. The van der Waals surface area contributed by atoms with Gasteiger partial charge in [0.15, 0.2) is 15.5 Å². The molecule has 222 valence electrons. The smallest absolute Gasteiger partial charge is 0.392 e. The molecule has 0 fully saturated rings. The van der Waals surface area contributed by atoms with Crippen LogP contribution in [0.1, 0.15) is 32.9 Å². The van der Waals surface area contributed by atoms with Gasteiger partial charge in [-0.05, 0) is 71.6 Å². The lowest BCUT2D eigenvalue weighted by Crippen LogP contribution is -2.13. The quantitative estimate of drug-likeness (QED) is 0.244. The van der Waals surface area contributed by atoms with Crippen molar-refractivity contribution in [1.82, 2.24) is 24.5 Å². The number of aliphatic hydroxyl groups is 1. The maximum Gasteiger partial charge on any atom is 0.434 e. The summed E-state index contributed by atoms with van der Waals surface area (Å²) < 4.78 is 67.7. The molecule has 0 atom stereocenters. The second kappa shape index (κ2) is 10.9. The van der Waals surface area contributed by atoms with Crippen LogP contribution < -0.4 is 5.73 Å². The summed E-state index contributed by atoms with van der Waals surface area (Å²) in [6.45, 7) is 1.14. The van der Waals surface area contributed by atoms with E-state index >= 15 is 0 Å². The zero-order chi connectivity index (χ0) is 31.3. The number of halogens is 4. The highest BCUT2D eigenvalue weighted by Crippen LogP contribution is 2.35. The van der Waals surface area contributed by atoms with Crippen LogP contribution in [0, 0.1) is 6.92 Å². The molecule has 0 radical (unpaired) electrons. The number of aryl methyl sites for hydroxylation is 1. The van der Waals surface area contributed by atoms with Gasteiger partial charge in [-0.25, -0.2) is 18.1 Å². The lowest BCUT2D eigenvalue weighted by atomic mass is 9.99. The van der Waals surface area contributed by atoms with Crippen LogP contribution >= 0.6 is 11.6 Å². The number of nitrogens with two attached hydrogens (primary N) is 1. The zero-order valence-corrected chi connectivity index (χ0v) is 24.0. The molecule has 0 aliphatic heterocycles. The Balaban J connectivity index is 1.76. The van der Waals surface area contributed by atoms with Crippen LogP contribution in [0.25, 0.3) is 22.5 Å². The van der Waals surface area contributed by atoms with Crippen molar-refractivity contribution in [2.24, 2.45) is 0 Å². The van der Waals surface area contributed by atoms with E-state index in [-0.39, 0.29) is 33.1 Å². The number of sulfone groups is 1. The van der Waals surface area contributed by atoms with Gasteiger partial charge >= 0.3 is 6.18 Å².